The first-order chi connectivity index (χ1) is 17.2. The summed E-state index contributed by atoms with van der Waals surface area (Å²) in [4.78, 5) is 61.4. The van der Waals surface area contributed by atoms with Crippen LogP contribution in [0, 0.1) is 11.8 Å². The Labute approximate surface area is 216 Å². The van der Waals surface area contributed by atoms with Gasteiger partial charge in [-0.15, -0.1) is 0 Å². The molecule has 1 rings (SSSR count). The number of carboxylic acids is 2. The highest BCUT2D eigenvalue weighted by atomic mass is 16.4. The van der Waals surface area contributed by atoms with Crippen molar-refractivity contribution in [2.24, 2.45) is 17.6 Å². The molecule has 12 heteroatoms. The monoisotopic (exact) mass is 522 g/mol. The molecule has 8 N–H and O–H groups in total. The molecule has 3 amide bonds. The fourth-order valence-corrected chi connectivity index (χ4v) is 3.56. The molecule has 0 bridgehead atoms. The largest absolute Gasteiger partial charge is 0.508 e. The maximum Gasteiger partial charge on any atom is 0.326 e. The van der Waals surface area contributed by atoms with Gasteiger partial charge >= 0.3 is 11.9 Å². The second-order valence-electron chi connectivity index (χ2n) is 9.54. The second kappa shape index (κ2) is 14.8. The maximum absolute atomic E-state index is 13.3. The van der Waals surface area contributed by atoms with Crippen molar-refractivity contribution in [2.75, 3.05) is 0 Å². The molecule has 1 aromatic rings. The third-order valence-electron chi connectivity index (χ3n) is 5.86. The van der Waals surface area contributed by atoms with Crippen LogP contribution in [-0.4, -0.2) is 69.1 Å². The summed E-state index contributed by atoms with van der Waals surface area (Å²) in [5.74, 6) is -5.27. The lowest BCUT2D eigenvalue weighted by Crippen LogP contribution is -2.59. The summed E-state index contributed by atoms with van der Waals surface area (Å²) in [6, 6.07) is 0.926. The van der Waals surface area contributed by atoms with Gasteiger partial charge in [-0.1, -0.05) is 46.2 Å². The molecule has 0 heterocycles. The van der Waals surface area contributed by atoms with Crippen molar-refractivity contribution in [3.63, 3.8) is 0 Å². The molecule has 0 saturated carbocycles. The zero-order valence-corrected chi connectivity index (χ0v) is 21.6. The van der Waals surface area contributed by atoms with Crippen LogP contribution >= 0.6 is 0 Å². The van der Waals surface area contributed by atoms with E-state index < -0.39 is 60.2 Å². The molecule has 0 aliphatic heterocycles. The van der Waals surface area contributed by atoms with Crippen LogP contribution in [0.5, 0.6) is 5.75 Å². The average Bonchev–Trinajstić information content (AvgIpc) is 2.81. The van der Waals surface area contributed by atoms with Gasteiger partial charge in [0.25, 0.3) is 0 Å². The lowest BCUT2D eigenvalue weighted by molar-refractivity contribution is -0.147. The van der Waals surface area contributed by atoms with E-state index in [2.05, 4.69) is 16.0 Å². The number of hydrogen-bond acceptors (Lipinski definition) is 7. The Morgan fingerprint density at radius 2 is 1.43 bits per heavy atom. The van der Waals surface area contributed by atoms with Gasteiger partial charge in [0.2, 0.25) is 17.7 Å². The summed E-state index contributed by atoms with van der Waals surface area (Å²) < 4.78 is 0. The number of carbonyl (C=O) groups excluding carboxylic acids is 3. The molecule has 1 aromatic carbocycles. The number of nitrogens with two attached hydrogens (primary N) is 1. The number of carboxylic acid groups (broad SMARTS) is 2. The van der Waals surface area contributed by atoms with Gasteiger partial charge in [-0.25, -0.2) is 4.79 Å². The highest BCUT2D eigenvalue weighted by molar-refractivity contribution is 5.95. The van der Waals surface area contributed by atoms with Gasteiger partial charge in [0.15, 0.2) is 0 Å². The molecule has 0 aliphatic carbocycles. The van der Waals surface area contributed by atoms with E-state index >= 15 is 0 Å². The van der Waals surface area contributed by atoms with Crippen molar-refractivity contribution in [3.05, 3.63) is 29.8 Å². The predicted octanol–water partition coefficient (Wildman–Crippen LogP) is 0.368. The number of aliphatic carboxylic acids is 2. The number of carbonyl (C=O) groups is 5. The molecule has 0 spiro atoms. The number of benzene rings is 1. The van der Waals surface area contributed by atoms with E-state index in [1.165, 1.54) is 24.3 Å². The Hall–Kier alpha value is -3.67. The van der Waals surface area contributed by atoms with Crippen molar-refractivity contribution in [1.82, 2.24) is 16.0 Å². The standard InChI is InChI=1S/C25H38N4O8/c1-5-14(4)21(29-22(33)17(26)10-13(2)3)24(35)27-18(11-15-6-8-16(30)9-7-15)23(34)28-19(25(36)37)12-20(31)32/h6-9,13-14,17-19,21,30H,5,10-12,26H2,1-4H3,(H,27,35)(H,28,34)(H,29,33)(H,31,32)(H,36,37). The SMILES string of the molecule is CCC(C)C(NC(=O)C(N)CC(C)C)C(=O)NC(Cc1ccc(O)cc1)C(=O)NC(CC(=O)O)C(=O)O. The third kappa shape index (κ3) is 10.9. The minimum Gasteiger partial charge on any atom is -0.508 e. The van der Waals surface area contributed by atoms with E-state index in [0.717, 1.165) is 0 Å². The fourth-order valence-electron chi connectivity index (χ4n) is 3.56. The Bertz CT molecular complexity index is 951. The smallest absolute Gasteiger partial charge is 0.326 e. The molecule has 0 aromatic heterocycles. The van der Waals surface area contributed by atoms with Crippen molar-refractivity contribution in [2.45, 2.75) is 77.5 Å². The van der Waals surface area contributed by atoms with Crippen LogP contribution in [0.25, 0.3) is 0 Å². The number of amides is 3. The number of nitrogens with one attached hydrogen (secondary N) is 3. The maximum atomic E-state index is 13.3. The van der Waals surface area contributed by atoms with Crippen molar-refractivity contribution < 1.29 is 39.3 Å². The van der Waals surface area contributed by atoms with Gasteiger partial charge in [0, 0.05) is 6.42 Å². The van der Waals surface area contributed by atoms with Crippen molar-refractivity contribution in [3.8, 4) is 5.75 Å². The van der Waals surface area contributed by atoms with E-state index in [4.69, 9.17) is 10.8 Å². The summed E-state index contributed by atoms with van der Waals surface area (Å²) in [6.07, 6.45) is -0.0232. The third-order valence-corrected chi connectivity index (χ3v) is 5.86. The van der Waals surface area contributed by atoms with Gasteiger partial charge in [0.05, 0.1) is 12.5 Å². The average molecular weight is 523 g/mol. The molecule has 37 heavy (non-hydrogen) atoms. The fraction of sp³-hybridized carbons (Fsp3) is 0.560. The quantitative estimate of drug-likeness (QED) is 0.169. The molecule has 0 radical (unpaired) electrons. The molecule has 12 nitrogen and oxygen atoms in total. The topological polar surface area (TPSA) is 208 Å². The molecular weight excluding hydrogens is 484 g/mol. The normalized spacial score (nSPS) is 15.1. The molecule has 0 saturated heterocycles. The summed E-state index contributed by atoms with van der Waals surface area (Å²) in [6.45, 7) is 7.40. The molecule has 0 aliphatic rings. The number of hydrogen-bond donors (Lipinski definition) is 7. The molecular formula is C25H38N4O8. The van der Waals surface area contributed by atoms with E-state index in [9.17, 15) is 34.2 Å². The van der Waals surface area contributed by atoms with Crippen molar-refractivity contribution >= 4 is 29.7 Å². The van der Waals surface area contributed by atoms with Gasteiger partial charge in [0.1, 0.15) is 23.9 Å². The summed E-state index contributed by atoms with van der Waals surface area (Å²) in [5.41, 5.74) is 6.50. The lowest BCUT2D eigenvalue weighted by Gasteiger charge is -2.28. The predicted molar refractivity (Wildman–Crippen MR) is 134 cm³/mol. The number of phenols is 1. The zero-order valence-electron chi connectivity index (χ0n) is 21.6. The zero-order chi connectivity index (χ0) is 28.3. The van der Waals surface area contributed by atoms with Gasteiger partial charge in [-0.2, -0.15) is 0 Å². The van der Waals surface area contributed by atoms with Crippen LogP contribution < -0.4 is 21.7 Å². The first-order valence-electron chi connectivity index (χ1n) is 12.1. The molecule has 5 atom stereocenters. The van der Waals surface area contributed by atoms with Crippen LogP contribution in [0.1, 0.15) is 52.5 Å². The Morgan fingerprint density at radius 1 is 0.865 bits per heavy atom. The van der Waals surface area contributed by atoms with Gasteiger partial charge in [-0.05, 0) is 36.0 Å². The highest BCUT2D eigenvalue weighted by Gasteiger charge is 2.33. The van der Waals surface area contributed by atoms with Gasteiger partial charge in [-0.3, -0.25) is 19.2 Å². The minimum absolute atomic E-state index is 0.0153. The lowest BCUT2D eigenvalue weighted by atomic mass is 9.96. The number of rotatable bonds is 15. The summed E-state index contributed by atoms with van der Waals surface area (Å²) in [5, 5.41) is 35.2. The second-order valence-corrected chi connectivity index (χ2v) is 9.54. The number of aromatic hydroxyl groups is 1. The molecule has 5 unspecified atom stereocenters. The van der Waals surface area contributed by atoms with Gasteiger partial charge < -0.3 is 37.0 Å². The number of phenolic OH excluding ortho intramolecular Hbond substituents is 1. The Kier molecular flexibility index (Phi) is 12.5. The van der Waals surface area contributed by atoms with Crippen LogP contribution in [0.4, 0.5) is 0 Å². The Morgan fingerprint density at radius 3 is 1.92 bits per heavy atom. The van der Waals surface area contributed by atoms with Crippen LogP contribution in [0.2, 0.25) is 0 Å². The van der Waals surface area contributed by atoms with Crippen LogP contribution in [0.15, 0.2) is 24.3 Å². The summed E-state index contributed by atoms with van der Waals surface area (Å²) >= 11 is 0. The van der Waals surface area contributed by atoms with E-state index in [-0.39, 0.29) is 24.0 Å². The minimum atomic E-state index is -1.72. The van der Waals surface area contributed by atoms with E-state index in [0.29, 0.717) is 18.4 Å². The Balaban J connectivity index is 3.19. The van der Waals surface area contributed by atoms with Crippen molar-refractivity contribution in [1.29, 1.82) is 0 Å². The first kappa shape index (κ1) is 31.4. The first-order valence-corrected chi connectivity index (χ1v) is 12.1. The summed E-state index contributed by atoms with van der Waals surface area (Å²) in [7, 11) is 0. The van der Waals surface area contributed by atoms with E-state index in [1.807, 2.05) is 20.8 Å². The van der Waals surface area contributed by atoms with Crippen LogP contribution in [0.3, 0.4) is 0 Å². The highest BCUT2D eigenvalue weighted by Crippen LogP contribution is 2.14. The molecule has 0 fully saturated rings. The van der Waals surface area contributed by atoms with E-state index in [1.54, 1.807) is 6.92 Å². The van der Waals surface area contributed by atoms with Crippen LogP contribution in [-0.2, 0) is 30.4 Å². The molecule has 206 valence electrons.